The van der Waals surface area contributed by atoms with Crippen LogP contribution in [0.15, 0.2) is 18.5 Å². The maximum absolute atomic E-state index is 11.8. The van der Waals surface area contributed by atoms with Crippen LogP contribution in [0.1, 0.15) is 34.1 Å². The molecular weight excluding hydrogens is 350 g/mol. The minimum absolute atomic E-state index is 0.121. The highest BCUT2D eigenvalue weighted by Gasteiger charge is 2.19. The second kappa shape index (κ2) is 8.61. The Morgan fingerprint density at radius 1 is 1.33 bits per heavy atom. The van der Waals surface area contributed by atoms with Crippen molar-refractivity contribution in [1.82, 2.24) is 20.5 Å². The van der Waals surface area contributed by atoms with E-state index in [0.717, 1.165) is 0 Å². The number of amides is 1. The first-order chi connectivity index (χ1) is 12.7. The minimum Gasteiger partial charge on any atom is -0.494 e. The molecule has 9 nitrogen and oxygen atoms in total. The summed E-state index contributed by atoms with van der Waals surface area (Å²) in [5.74, 6) is 1.43. The molecule has 0 bridgehead atoms. The Bertz CT molecular complexity index is 769. The highest BCUT2D eigenvalue weighted by atomic mass is 16.6. The monoisotopic (exact) mass is 377 g/mol. The smallest absolute Gasteiger partial charge is 0.407 e. The van der Waals surface area contributed by atoms with Gasteiger partial charge in [0.25, 0.3) is 0 Å². The summed E-state index contributed by atoms with van der Waals surface area (Å²) in [5.41, 5.74) is 6.51. The number of nitrogen functional groups attached to an aromatic ring is 1. The number of carbonyl (C=O) groups excluding carboxylic acids is 1. The molecule has 27 heavy (non-hydrogen) atoms. The van der Waals surface area contributed by atoms with E-state index in [2.05, 4.69) is 20.5 Å². The first-order valence-electron chi connectivity index (χ1n) is 8.65. The van der Waals surface area contributed by atoms with E-state index in [1.807, 2.05) is 27.7 Å². The SMILES string of the molecule is COc1cncc(OCC[C@@H](C)NC(=O)OC(C)(C)C)c1-c1cc(N)n[nH]1. The third-order valence-corrected chi connectivity index (χ3v) is 3.53. The molecule has 1 atom stereocenters. The van der Waals surface area contributed by atoms with E-state index in [1.54, 1.807) is 25.6 Å². The van der Waals surface area contributed by atoms with Crippen molar-refractivity contribution in [2.45, 2.75) is 45.8 Å². The largest absolute Gasteiger partial charge is 0.494 e. The molecule has 0 fully saturated rings. The Hall–Kier alpha value is -2.97. The van der Waals surface area contributed by atoms with Crippen LogP contribution in [0.4, 0.5) is 10.6 Å². The number of pyridine rings is 1. The molecule has 0 radical (unpaired) electrons. The van der Waals surface area contributed by atoms with Gasteiger partial charge in [-0.15, -0.1) is 0 Å². The van der Waals surface area contributed by atoms with Crippen LogP contribution < -0.4 is 20.5 Å². The summed E-state index contributed by atoms with van der Waals surface area (Å²) < 4.78 is 16.5. The van der Waals surface area contributed by atoms with Crippen LogP contribution in [0.5, 0.6) is 11.5 Å². The molecule has 0 aliphatic carbocycles. The molecule has 9 heteroatoms. The third kappa shape index (κ3) is 6.05. The number of nitrogens with two attached hydrogens (primary N) is 1. The summed E-state index contributed by atoms with van der Waals surface area (Å²) in [6.07, 6.45) is 3.32. The van der Waals surface area contributed by atoms with Crippen molar-refractivity contribution in [3.8, 4) is 22.8 Å². The lowest BCUT2D eigenvalue weighted by molar-refractivity contribution is 0.0503. The van der Waals surface area contributed by atoms with Crippen LogP contribution in [0, 0.1) is 0 Å². The van der Waals surface area contributed by atoms with E-state index in [1.165, 1.54) is 0 Å². The molecular formula is C18H27N5O4. The number of aromatic amines is 1. The summed E-state index contributed by atoms with van der Waals surface area (Å²) in [5, 5.41) is 9.57. The highest BCUT2D eigenvalue weighted by molar-refractivity contribution is 5.74. The van der Waals surface area contributed by atoms with Gasteiger partial charge >= 0.3 is 6.09 Å². The Labute approximate surface area is 158 Å². The van der Waals surface area contributed by atoms with Crippen LogP contribution in [0.3, 0.4) is 0 Å². The topological polar surface area (TPSA) is 124 Å². The first kappa shape index (κ1) is 20.3. The Morgan fingerprint density at radius 2 is 2.04 bits per heavy atom. The normalized spacial score (nSPS) is 12.3. The fourth-order valence-electron chi connectivity index (χ4n) is 2.34. The molecule has 0 aliphatic rings. The first-order valence-corrected chi connectivity index (χ1v) is 8.65. The number of aromatic nitrogens is 3. The van der Waals surface area contributed by atoms with Gasteiger partial charge in [0.15, 0.2) is 5.75 Å². The van der Waals surface area contributed by atoms with Crippen molar-refractivity contribution in [1.29, 1.82) is 0 Å². The average molecular weight is 377 g/mol. The fraction of sp³-hybridized carbons (Fsp3) is 0.500. The van der Waals surface area contributed by atoms with Gasteiger partial charge in [-0.3, -0.25) is 10.1 Å². The number of alkyl carbamates (subject to hydrolysis) is 1. The molecule has 148 valence electrons. The fourth-order valence-corrected chi connectivity index (χ4v) is 2.34. The molecule has 1 amide bonds. The number of methoxy groups -OCH3 is 1. The van der Waals surface area contributed by atoms with Gasteiger partial charge in [-0.05, 0) is 27.7 Å². The van der Waals surface area contributed by atoms with Gasteiger partial charge < -0.3 is 25.3 Å². The highest BCUT2D eigenvalue weighted by Crippen LogP contribution is 2.36. The number of hydrogen-bond acceptors (Lipinski definition) is 7. The standard InChI is InChI=1S/C18H27N5O4/c1-11(21-17(24)27-18(2,3)4)6-7-26-14-10-20-9-13(25-5)16(14)12-8-15(19)23-22-12/h8-11H,6-7H2,1-5H3,(H,21,24)(H3,19,22,23)/t11-/m1/s1. The minimum atomic E-state index is -0.534. The molecule has 2 aromatic heterocycles. The second-order valence-corrected chi connectivity index (χ2v) is 7.11. The third-order valence-electron chi connectivity index (χ3n) is 3.53. The van der Waals surface area contributed by atoms with Crippen molar-refractivity contribution >= 4 is 11.9 Å². The molecule has 2 aromatic rings. The second-order valence-electron chi connectivity index (χ2n) is 7.11. The molecule has 0 saturated carbocycles. The Balaban J connectivity index is 1.99. The maximum atomic E-state index is 11.8. The van der Waals surface area contributed by atoms with Gasteiger partial charge in [0.2, 0.25) is 0 Å². The molecule has 2 rings (SSSR count). The summed E-state index contributed by atoms with van der Waals surface area (Å²) >= 11 is 0. The number of hydrogen-bond donors (Lipinski definition) is 3. The Morgan fingerprint density at radius 3 is 2.63 bits per heavy atom. The number of nitrogens with one attached hydrogen (secondary N) is 2. The predicted molar refractivity (Wildman–Crippen MR) is 102 cm³/mol. The molecule has 0 aromatic carbocycles. The van der Waals surface area contributed by atoms with Crippen LogP contribution in [0.25, 0.3) is 11.3 Å². The van der Waals surface area contributed by atoms with E-state index < -0.39 is 11.7 Å². The number of nitrogens with zero attached hydrogens (tertiary/aromatic N) is 2. The lowest BCUT2D eigenvalue weighted by atomic mass is 10.1. The molecule has 4 N–H and O–H groups in total. The lowest BCUT2D eigenvalue weighted by Crippen LogP contribution is -2.38. The van der Waals surface area contributed by atoms with Gasteiger partial charge in [0, 0.05) is 18.5 Å². The van der Waals surface area contributed by atoms with Crippen molar-refractivity contribution in [2.75, 3.05) is 19.5 Å². The predicted octanol–water partition coefficient (Wildman–Crippen LogP) is 2.74. The average Bonchev–Trinajstić information content (AvgIpc) is 2.98. The molecule has 0 unspecified atom stereocenters. The van der Waals surface area contributed by atoms with Crippen molar-refractivity contribution in [3.05, 3.63) is 18.5 Å². The van der Waals surface area contributed by atoms with Crippen molar-refractivity contribution in [2.24, 2.45) is 0 Å². The van der Waals surface area contributed by atoms with Gasteiger partial charge in [-0.1, -0.05) is 0 Å². The zero-order valence-corrected chi connectivity index (χ0v) is 16.3. The van der Waals surface area contributed by atoms with E-state index in [0.29, 0.717) is 41.6 Å². The molecule has 0 aliphatic heterocycles. The maximum Gasteiger partial charge on any atom is 0.407 e. The quantitative estimate of drug-likeness (QED) is 0.677. The van der Waals surface area contributed by atoms with Crippen LogP contribution in [0.2, 0.25) is 0 Å². The summed E-state index contributed by atoms with van der Waals surface area (Å²) in [7, 11) is 1.55. The van der Waals surface area contributed by atoms with E-state index in [4.69, 9.17) is 19.9 Å². The van der Waals surface area contributed by atoms with Crippen molar-refractivity contribution in [3.63, 3.8) is 0 Å². The van der Waals surface area contributed by atoms with Crippen LogP contribution in [-0.2, 0) is 4.74 Å². The summed E-state index contributed by atoms with van der Waals surface area (Å²) in [6.45, 7) is 7.70. The lowest BCUT2D eigenvalue weighted by Gasteiger charge is -2.22. The zero-order chi connectivity index (χ0) is 20.0. The van der Waals surface area contributed by atoms with Crippen LogP contribution >= 0.6 is 0 Å². The number of carbonyl (C=O) groups is 1. The molecule has 0 saturated heterocycles. The number of rotatable bonds is 7. The zero-order valence-electron chi connectivity index (χ0n) is 16.3. The Kier molecular flexibility index (Phi) is 6.49. The van der Waals surface area contributed by atoms with Crippen LogP contribution in [-0.4, -0.2) is 46.6 Å². The summed E-state index contributed by atoms with van der Waals surface area (Å²) in [4.78, 5) is 15.9. The van der Waals surface area contributed by atoms with Gasteiger partial charge in [0.05, 0.1) is 37.4 Å². The van der Waals surface area contributed by atoms with E-state index in [-0.39, 0.29) is 6.04 Å². The van der Waals surface area contributed by atoms with E-state index >= 15 is 0 Å². The molecule has 2 heterocycles. The van der Waals surface area contributed by atoms with Crippen molar-refractivity contribution < 1.29 is 19.0 Å². The van der Waals surface area contributed by atoms with Gasteiger partial charge in [0.1, 0.15) is 17.2 Å². The number of H-pyrrole nitrogens is 1. The van der Waals surface area contributed by atoms with Gasteiger partial charge in [-0.25, -0.2) is 4.79 Å². The van der Waals surface area contributed by atoms with Gasteiger partial charge in [-0.2, -0.15) is 5.10 Å². The summed E-state index contributed by atoms with van der Waals surface area (Å²) in [6, 6.07) is 1.57. The number of anilines is 1. The molecule has 0 spiro atoms. The van der Waals surface area contributed by atoms with E-state index in [9.17, 15) is 4.79 Å². The number of ether oxygens (including phenoxy) is 3.